The Morgan fingerprint density at radius 3 is 2.51 bits per heavy atom. The molecule has 0 fully saturated rings. The predicted molar refractivity (Wildman–Crippen MR) is 136 cm³/mol. The highest BCUT2D eigenvalue weighted by molar-refractivity contribution is 7.14. The second-order valence-corrected chi connectivity index (χ2v) is 10.8. The molecule has 4 heterocycles. The average Bonchev–Trinajstić information content (AvgIpc) is 3.51. The lowest BCUT2D eigenvalue weighted by Crippen LogP contribution is -2.16. The number of carbonyl (C=O) groups excluding carboxylic acids is 2. The Morgan fingerprint density at radius 1 is 1.00 bits per heavy atom. The van der Waals surface area contributed by atoms with Crippen LogP contribution in [0.3, 0.4) is 0 Å². The number of anilines is 3. The van der Waals surface area contributed by atoms with Crippen molar-refractivity contribution in [2.45, 2.75) is 45.4 Å². The van der Waals surface area contributed by atoms with Crippen molar-refractivity contribution >= 4 is 51.1 Å². The zero-order valence-electron chi connectivity index (χ0n) is 19.6. The van der Waals surface area contributed by atoms with Gasteiger partial charge >= 0.3 is 0 Å². The summed E-state index contributed by atoms with van der Waals surface area (Å²) in [5, 5.41) is 9.07. The molecular weight excluding hydrogens is 484 g/mol. The molecule has 4 aromatic rings. The zero-order chi connectivity index (χ0) is 25.0. The van der Waals surface area contributed by atoms with E-state index in [4.69, 9.17) is 0 Å². The van der Waals surface area contributed by atoms with E-state index in [-0.39, 0.29) is 29.4 Å². The van der Waals surface area contributed by atoms with E-state index in [0.29, 0.717) is 32.3 Å². The SMILES string of the molecule is CC(CC(=O)c1cc(Nc2nccs2)ncn1)c1ncc(C(=O)Nc2cc(C(C)(C)C)ncn2)s1. The van der Waals surface area contributed by atoms with E-state index in [0.717, 1.165) is 5.69 Å². The molecule has 10 nitrogen and oxygen atoms in total. The summed E-state index contributed by atoms with van der Waals surface area (Å²) in [4.78, 5) is 51.2. The van der Waals surface area contributed by atoms with Crippen LogP contribution >= 0.6 is 22.7 Å². The molecule has 2 N–H and O–H groups in total. The molecule has 0 spiro atoms. The highest BCUT2D eigenvalue weighted by Gasteiger charge is 2.21. The largest absolute Gasteiger partial charge is 0.316 e. The number of nitrogens with one attached hydrogen (secondary N) is 2. The summed E-state index contributed by atoms with van der Waals surface area (Å²) in [5.41, 5.74) is 0.970. The third-order valence-electron chi connectivity index (χ3n) is 4.96. The van der Waals surface area contributed by atoms with Gasteiger partial charge in [0.2, 0.25) is 0 Å². The molecule has 12 heteroatoms. The number of hydrogen-bond donors (Lipinski definition) is 2. The average molecular weight is 509 g/mol. The fourth-order valence-electron chi connectivity index (χ4n) is 3.08. The van der Waals surface area contributed by atoms with E-state index in [1.807, 2.05) is 33.1 Å². The molecule has 4 rings (SSSR count). The highest BCUT2D eigenvalue weighted by Crippen LogP contribution is 2.27. The molecule has 0 aliphatic heterocycles. The summed E-state index contributed by atoms with van der Waals surface area (Å²) in [6, 6.07) is 3.37. The molecule has 1 atom stereocenters. The number of thiazole rings is 2. The van der Waals surface area contributed by atoms with Gasteiger partial charge in [-0.2, -0.15) is 0 Å². The van der Waals surface area contributed by atoms with Gasteiger partial charge < -0.3 is 10.6 Å². The Kier molecular flexibility index (Phi) is 7.22. The van der Waals surface area contributed by atoms with E-state index < -0.39 is 0 Å². The molecule has 0 aliphatic carbocycles. The molecule has 0 aromatic carbocycles. The summed E-state index contributed by atoms with van der Waals surface area (Å²) >= 11 is 2.68. The second kappa shape index (κ2) is 10.3. The number of carbonyl (C=O) groups is 2. The van der Waals surface area contributed by atoms with Crippen LogP contribution in [-0.4, -0.2) is 41.6 Å². The van der Waals surface area contributed by atoms with Crippen molar-refractivity contribution in [1.29, 1.82) is 0 Å². The van der Waals surface area contributed by atoms with Gasteiger partial charge in [0.15, 0.2) is 10.9 Å². The molecule has 0 aliphatic rings. The Hall–Kier alpha value is -3.64. The van der Waals surface area contributed by atoms with Crippen LogP contribution < -0.4 is 10.6 Å². The van der Waals surface area contributed by atoms with Crippen molar-refractivity contribution in [3.8, 4) is 0 Å². The maximum Gasteiger partial charge on any atom is 0.268 e. The second-order valence-electron chi connectivity index (χ2n) is 8.83. The van der Waals surface area contributed by atoms with Crippen molar-refractivity contribution in [3.63, 3.8) is 0 Å². The van der Waals surface area contributed by atoms with Crippen LogP contribution in [0.4, 0.5) is 16.8 Å². The van der Waals surface area contributed by atoms with Gasteiger partial charge in [-0.05, 0) is 0 Å². The van der Waals surface area contributed by atoms with Crippen LogP contribution in [0.5, 0.6) is 0 Å². The quantitative estimate of drug-likeness (QED) is 0.320. The summed E-state index contributed by atoms with van der Waals surface area (Å²) in [5.74, 6) is 0.293. The molecule has 0 saturated carbocycles. The highest BCUT2D eigenvalue weighted by atomic mass is 32.1. The Balaban J connectivity index is 1.39. The molecule has 0 radical (unpaired) electrons. The lowest BCUT2D eigenvalue weighted by molar-refractivity contribution is 0.0969. The van der Waals surface area contributed by atoms with Crippen LogP contribution in [0.25, 0.3) is 0 Å². The number of hydrogen-bond acceptors (Lipinski definition) is 11. The van der Waals surface area contributed by atoms with Gasteiger partial charge in [-0.1, -0.05) is 27.7 Å². The first-order valence-electron chi connectivity index (χ1n) is 10.8. The minimum atomic E-state index is -0.306. The monoisotopic (exact) mass is 508 g/mol. The van der Waals surface area contributed by atoms with Crippen LogP contribution in [0.1, 0.15) is 70.9 Å². The standard InChI is InChI=1S/C23H24N8O2S2/c1-13(7-15(32)14-8-18(28-11-26-14)31-22-24-5-6-34-22)21-25-10-16(35-21)20(33)30-19-9-17(23(2,3)4)27-12-29-19/h5-6,8-13H,7H2,1-4H3,(H,24,26,28,31)(H,27,29,30,33). The topological polar surface area (TPSA) is 136 Å². The Labute approximate surface area is 210 Å². The summed E-state index contributed by atoms with van der Waals surface area (Å²) < 4.78 is 0. The van der Waals surface area contributed by atoms with Crippen LogP contribution in [0, 0.1) is 0 Å². The lowest BCUT2D eigenvalue weighted by Gasteiger charge is -2.17. The minimum Gasteiger partial charge on any atom is -0.316 e. The molecule has 0 saturated heterocycles. The fourth-order valence-corrected chi connectivity index (χ4v) is 4.48. The summed E-state index contributed by atoms with van der Waals surface area (Å²) in [6.45, 7) is 8.02. The van der Waals surface area contributed by atoms with Gasteiger partial charge in [0.05, 0.1) is 16.9 Å². The number of aromatic nitrogens is 6. The van der Waals surface area contributed by atoms with Crippen molar-refractivity contribution in [3.05, 3.63) is 63.8 Å². The van der Waals surface area contributed by atoms with E-state index >= 15 is 0 Å². The van der Waals surface area contributed by atoms with Crippen LogP contribution in [0.15, 0.2) is 42.6 Å². The van der Waals surface area contributed by atoms with Gasteiger partial charge in [-0.15, -0.1) is 22.7 Å². The predicted octanol–water partition coefficient (Wildman–Crippen LogP) is 4.85. The molecule has 35 heavy (non-hydrogen) atoms. The lowest BCUT2D eigenvalue weighted by atomic mass is 9.92. The van der Waals surface area contributed by atoms with Gasteiger partial charge in [0, 0.05) is 41.5 Å². The first-order valence-corrected chi connectivity index (χ1v) is 12.5. The van der Waals surface area contributed by atoms with Crippen LogP contribution in [-0.2, 0) is 5.41 Å². The maximum atomic E-state index is 12.8. The van der Waals surface area contributed by atoms with Crippen molar-refractivity contribution in [2.24, 2.45) is 0 Å². The van der Waals surface area contributed by atoms with Crippen molar-refractivity contribution in [2.75, 3.05) is 10.6 Å². The van der Waals surface area contributed by atoms with Crippen molar-refractivity contribution in [1.82, 2.24) is 29.9 Å². The fraction of sp³-hybridized carbons (Fsp3) is 0.304. The third-order valence-corrected chi connectivity index (χ3v) is 6.87. The molecule has 180 valence electrons. The maximum absolute atomic E-state index is 12.8. The molecule has 1 amide bonds. The first-order chi connectivity index (χ1) is 16.7. The zero-order valence-corrected chi connectivity index (χ0v) is 21.3. The minimum absolute atomic E-state index is 0.140. The van der Waals surface area contributed by atoms with E-state index in [1.54, 1.807) is 18.3 Å². The van der Waals surface area contributed by atoms with E-state index in [2.05, 4.69) is 40.5 Å². The number of ketones is 1. The number of rotatable bonds is 8. The normalized spacial score (nSPS) is 12.2. The number of Topliss-reactive ketones (excluding diaryl/α,β-unsaturated/α-hetero) is 1. The van der Waals surface area contributed by atoms with Crippen LogP contribution in [0.2, 0.25) is 0 Å². The number of nitrogens with zero attached hydrogens (tertiary/aromatic N) is 6. The van der Waals surface area contributed by atoms with E-state index in [1.165, 1.54) is 41.5 Å². The van der Waals surface area contributed by atoms with Gasteiger partial charge in [0.1, 0.15) is 34.9 Å². The summed E-state index contributed by atoms with van der Waals surface area (Å²) in [7, 11) is 0. The smallest absolute Gasteiger partial charge is 0.268 e. The van der Waals surface area contributed by atoms with Gasteiger partial charge in [0.25, 0.3) is 5.91 Å². The van der Waals surface area contributed by atoms with Gasteiger partial charge in [-0.3, -0.25) is 9.59 Å². The third kappa shape index (κ3) is 6.28. The first kappa shape index (κ1) is 24.5. The Bertz CT molecular complexity index is 1330. The van der Waals surface area contributed by atoms with Gasteiger partial charge in [-0.25, -0.2) is 29.9 Å². The molecule has 4 aromatic heterocycles. The molecular formula is C23H24N8O2S2. The molecule has 0 bridgehead atoms. The summed E-state index contributed by atoms with van der Waals surface area (Å²) in [6.07, 6.45) is 6.18. The van der Waals surface area contributed by atoms with E-state index in [9.17, 15) is 9.59 Å². The molecule has 1 unspecified atom stereocenters. The number of amides is 1. The Morgan fingerprint density at radius 2 is 1.77 bits per heavy atom. The van der Waals surface area contributed by atoms with Crippen molar-refractivity contribution < 1.29 is 9.59 Å².